The van der Waals surface area contributed by atoms with E-state index in [1.807, 2.05) is 6.92 Å². The molecule has 2 heterocycles. The fourth-order valence-electron chi connectivity index (χ4n) is 1.71. The van der Waals surface area contributed by atoms with Crippen LogP contribution in [0, 0.1) is 0 Å². The zero-order valence-electron chi connectivity index (χ0n) is 6.89. The van der Waals surface area contributed by atoms with Crippen molar-refractivity contribution in [3.8, 4) is 0 Å². The smallest absolute Gasteiger partial charge is 0.181 e. The van der Waals surface area contributed by atoms with Crippen molar-refractivity contribution in [3.63, 3.8) is 0 Å². The molecule has 3 atom stereocenters. The van der Waals surface area contributed by atoms with Gasteiger partial charge in [0.25, 0.3) is 0 Å². The van der Waals surface area contributed by atoms with Crippen LogP contribution in [0.5, 0.6) is 0 Å². The van der Waals surface area contributed by atoms with Crippen LogP contribution in [0.2, 0.25) is 0 Å². The predicted molar refractivity (Wildman–Crippen MR) is 45.8 cm³/mol. The second kappa shape index (κ2) is 2.21. The van der Waals surface area contributed by atoms with Crippen molar-refractivity contribution < 1.29 is 9.47 Å². The second-order valence-electron chi connectivity index (χ2n) is 3.73. The molecule has 2 saturated heterocycles. The number of rotatable bonds is 0. The van der Waals surface area contributed by atoms with Gasteiger partial charge in [0.05, 0.1) is 17.0 Å². The van der Waals surface area contributed by atoms with Gasteiger partial charge in [-0.15, -0.1) is 0 Å². The van der Waals surface area contributed by atoms with Crippen LogP contribution in [0.3, 0.4) is 0 Å². The number of hydrogen-bond acceptors (Lipinski definition) is 2. The summed E-state index contributed by atoms with van der Waals surface area (Å²) in [6, 6.07) is 0. The third kappa shape index (κ3) is 1.05. The van der Waals surface area contributed by atoms with Gasteiger partial charge in [0, 0.05) is 0 Å². The summed E-state index contributed by atoms with van der Waals surface area (Å²) in [5, 5.41) is 0. The molecule has 0 aliphatic carbocycles. The Labute approximate surface area is 75.4 Å². The van der Waals surface area contributed by atoms with Gasteiger partial charge in [-0.05, 0) is 26.7 Å². The first-order chi connectivity index (χ1) is 5.04. The van der Waals surface area contributed by atoms with Crippen molar-refractivity contribution in [1.82, 2.24) is 0 Å². The molecule has 0 saturated carbocycles. The molecular formula is C8H13BrO2. The van der Waals surface area contributed by atoms with Gasteiger partial charge >= 0.3 is 0 Å². The molecule has 0 spiro atoms. The van der Waals surface area contributed by atoms with Gasteiger partial charge in [-0.2, -0.15) is 0 Å². The van der Waals surface area contributed by atoms with Crippen molar-refractivity contribution in [1.29, 1.82) is 0 Å². The molecule has 11 heavy (non-hydrogen) atoms. The van der Waals surface area contributed by atoms with Crippen LogP contribution in [-0.2, 0) is 9.47 Å². The summed E-state index contributed by atoms with van der Waals surface area (Å²) in [5.41, 5.74) is 0. The molecule has 64 valence electrons. The summed E-state index contributed by atoms with van der Waals surface area (Å²) in [5.74, 6) is -0.393. The minimum Gasteiger partial charge on any atom is -0.346 e. The van der Waals surface area contributed by atoms with Crippen LogP contribution < -0.4 is 0 Å². The van der Waals surface area contributed by atoms with Crippen LogP contribution >= 0.6 is 15.9 Å². The van der Waals surface area contributed by atoms with E-state index in [-0.39, 0.29) is 4.32 Å². The average molecular weight is 221 g/mol. The zero-order valence-corrected chi connectivity index (χ0v) is 8.48. The molecular weight excluding hydrogens is 208 g/mol. The normalized spacial score (nSPS) is 56.5. The largest absolute Gasteiger partial charge is 0.346 e. The van der Waals surface area contributed by atoms with E-state index in [2.05, 4.69) is 22.9 Å². The molecule has 0 aromatic heterocycles. The zero-order chi connectivity index (χ0) is 8.11. The Kier molecular flexibility index (Phi) is 1.61. The van der Waals surface area contributed by atoms with Crippen LogP contribution in [-0.4, -0.2) is 22.8 Å². The highest BCUT2D eigenvalue weighted by molar-refractivity contribution is 9.10. The fourth-order valence-corrected chi connectivity index (χ4v) is 2.15. The third-order valence-electron chi connectivity index (χ3n) is 2.82. The monoisotopic (exact) mass is 220 g/mol. The molecule has 2 bridgehead atoms. The van der Waals surface area contributed by atoms with E-state index in [0.29, 0.717) is 6.10 Å². The molecule has 3 heteroatoms. The molecule has 2 aliphatic rings. The maximum atomic E-state index is 5.73. The lowest BCUT2D eigenvalue weighted by Gasteiger charge is -2.41. The molecule has 0 aromatic rings. The molecule has 0 radical (unpaired) electrons. The maximum Gasteiger partial charge on any atom is 0.181 e. The Morgan fingerprint density at radius 1 is 1.45 bits per heavy atom. The predicted octanol–water partition coefficient (Wildman–Crippen LogP) is 2.07. The van der Waals surface area contributed by atoms with E-state index in [1.54, 1.807) is 0 Å². The van der Waals surface area contributed by atoms with E-state index < -0.39 is 5.79 Å². The van der Waals surface area contributed by atoms with Crippen molar-refractivity contribution in [3.05, 3.63) is 0 Å². The first-order valence-corrected chi connectivity index (χ1v) is 4.83. The summed E-state index contributed by atoms with van der Waals surface area (Å²) in [6.45, 7) is 4.91. The lowest BCUT2D eigenvalue weighted by Crippen LogP contribution is -2.49. The van der Waals surface area contributed by atoms with Gasteiger partial charge in [0.1, 0.15) is 0 Å². The topological polar surface area (TPSA) is 18.5 Å². The fraction of sp³-hybridized carbons (Fsp3) is 1.00. The van der Waals surface area contributed by atoms with E-state index >= 15 is 0 Å². The van der Waals surface area contributed by atoms with E-state index in [1.165, 1.54) is 0 Å². The number of alkyl halides is 1. The summed E-state index contributed by atoms with van der Waals surface area (Å²) in [6.07, 6.45) is 2.58. The summed E-state index contributed by atoms with van der Waals surface area (Å²) < 4.78 is 11.3. The standard InChI is InChI=1S/C8H13BrO2/c1-7(9)4-3-6-5-10-8(7,2)11-6/h6H,3-5H2,1-2H3/t6-,7+,8+/m1/s1. The van der Waals surface area contributed by atoms with Gasteiger partial charge in [0.15, 0.2) is 5.79 Å². The highest BCUT2D eigenvalue weighted by Crippen LogP contribution is 2.47. The summed E-state index contributed by atoms with van der Waals surface area (Å²) >= 11 is 3.65. The Hall–Kier alpha value is 0.400. The van der Waals surface area contributed by atoms with Gasteiger partial charge in [-0.3, -0.25) is 0 Å². The molecule has 0 N–H and O–H groups in total. The highest BCUT2D eigenvalue weighted by Gasteiger charge is 2.54. The van der Waals surface area contributed by atoms with Crippen molar-refractivity contribution >= 4 is 15.9 Å². The van der Waals surface area contributed by atoms with Gasteiger partial charge in [-0.1, -0.05) is 15.9 Å². The van der Waals surface area contributed by atoms with E-state index in [9.17, 15) is 0 Å². The lowest BCUT2D eigenvalue weighted by atomic mass is 9.93. The molecule has 2 rings (SSSR count). The first-order valence-electron chi connectivity index (χ1n) is 4.04. The third-order valence-corrected chi connectivity index (χ3v) is 3.94. The van der Waals surface area contributed by atoms with Crippen molar-refractivity contribution in [2.75, 3.05) is 6.61 Å². The van der Waals surface area contributed by atoms with Crippen LogP contribution in [0.25, 0.3) is 0 Å². The van der Waals surface area contributed by atoms with Gasteiger partial charge in [-0.25, -0.2) is 0 Å². The molecule has 0 unspecified atom stereocenters. The highest BCUT2D eigenvalue weighted by atomic mass is 79.9. The number of ether oxygens (including phenoxy) is 2. The Morgan fingerprint density at radius 3 is 2.82 bits per heavy atom. The Morgan fingerprint density at radius 2 is 2.18 bits per heavy atom. The van der Waals surface area contributed by atoms with Crippen molar-refractivity contribution in [2.24, 2.45) is 0 Å². The number of fused-ring (bicyclic) bond motifs is 2. The SMILES string of the molecule is C[C@@]12OC[C@@H](CC[C@]1(C)Br)O2. The summed E-state index contributed by atoms with van der Waals surface area (Å²) in [7, 11) is 0. The Balaban J connectivity index is 2.27. The van der Waals surface area contributed by atoms with E-state index in [0.717, 1.165) is 19.4 Å². The first kappa shape index (κ1) is 8.02. The molecule has 2 fully saturated rings. The molecule has 0 amide bonds. The number of halogens is 1. The Bertz CT molecular complexity index is 181. The molecule has 0 aromatic carbocycles. The van der Waals surface area contributed by atoms with E-state index in [4.69, 9.17) is 9.47 Å². The average Bonchev–Trinajstić information content (AvgIpc) is 2.25. The van der Waals surface area contributed by atoms with Crippen molar-refractivity contribution in [2.45, 2.75) is 42.9 Å². The van der Waals surface area contributed by atoms with Gasteiger partial charge < -0.3 is 9.47 Å². The summed E-state index contributed by atoms with van der Waals surface area (Å²) in [4.78, 5) is 0. The lowest BCUT2D eigenvalue weighted by molar-refractivity contribution is -0.190. The van der Waals surface area contributed by atoms with Gasteiger partial charge in [0.2, 0.25) is 0 Å². The minimum absolute atomic E-state index is 0.00694. The van der Waals surface area contributed by atoms with Crippen LogP contribution in [0.4, 0.5) is 0 Å². The number of hydrogen-bond donors (Lipinski definition) is 0. The van der Waals surface area contributed by atoms with Crippen LogP contribution in [0.15, 0.2) is 0 Å². The maximum absolute atomic E-state index is 5.73. The second-order valence-corrected chi connectivity index (χ2v) is 5.48. The quantitative estimate of drug-likeness (QED) is 0.583. The van der Waals surface area contributed by atoms with Crippen LogP contribution in [0.1, 0.15) is 26.7 Å². The molecule has 2 aliphatic heterocycles. The minimum atomic E-state index is -0.393. The molecule has 2 nitrogen and oxygen atoms in total.